The molecule has 6 rings (SSSR count). The van der Waals surface area contributed by atoms with E-state index in [2.05, 4.69) is 10.6 Å². The van der Waals surface area contributed by atoms with Gasteiger partial charge >= 0.3 is 0 Å². The van der Waals surface area contributed by atoms with Crippen molar-refractivity contribution in [3.63, 3.8) is 0 Å². The van der Waals surface area contributed by atoms with Crippen LogP contribution in [0, 0.1) is 10.1 Å². The van der Waals surface area contributed by atoms with Crippen LogP contribution in [0.1, 0.15) is 38.5 Å². The van der Waals surface area contributed by atoms with E-state index in [0.717, 1.165) is 48.7 Å². The van der Waals surface area contributed by atoms with E-state index < -0.39 is 25.0 Å². The number of nitro benzene ring substituents is 1. The lowest BCUT2D eigenvalue weighted by molar-refractivity contribution is -0.383. The topological polar surface area (TPSA) is 186 Å². The second-order valence-electron chi connectivity index (χ2n) is 13.0. The van der Waals surface area contributed by atoms with Gasteiger partial charge in [-0.05, 0) is 93.1 Å². The third kappa shape index (κ3) is 10.2. The molecule has 4 aromatic rings. The van der Waals surface area contributed by atoms with Crippen molar-refractivity contribution in [1.82, 2.24) is 0 Å². The third-order valence-corrected chi connectivity index (χ3v) is 12.9. The lowest BCUT2D eigenvalue weighted by atomic mass is 10.1. The van der Waals surface area contributed by atoms with E-state index in [4.69, 9.17) is 15.2 Å². The Labute approximate surface area is 317 Å². The molecule has 0 radical (unpaired) electrons. The molecule has 0 bridgehead atoms. The van der Waals surface area contributed by atoms with Crippen LogP contribution in [-0.4, -0.2) is 74.4 Å². The molecular weight excluding hydrogens is 733 g/mol. The fourth-order valence-corrected chi connectivity index (χ4v) is 8.50. The fraction of sp³-hybridized carbons (Fsp3) is 0.368. The minimum Gasteiger partial charge on any atom is -0.397 e. The number of anilines is 5. The predicted molar refractivity (Wildman–Crippen MR) is 212 cm³/mol. The Morgan fingerprint density at radius 1 is 0.685 bits per heavy atom. The van der Waals surface area contributed by atoms with Gasteiger partial charge in [0.2, 0.25) is 0 Å². The highest BCUT2D eigenvalue weighted by atomic mass is 32.2. The van der Waals surface area contributed by atoms with E-state index in [1.165, 1.54) is 49.1 Å². The molecule has 4 aromatic carbocycles. The Morgan fingerprint density at radius 3 is 1.56 bits per heavy atom. The quantitative estimate of drug-likeness (QED) is 0.0767. The first-order valence-corrected chi connectivity index (χ1v) is 20.7. The third-order valence-electron chi connectivity index (χ3n) is 9.33. The molecule has 2 heterocycles. The highest BCUT2D eigenvalue weighted by Crippen LogP contribution is 2.32. The van der Waals surface area contributed by atoms with Crippen LogP contribution < -0.4 is 25.0 Å². The average Bonchev–Trinajstić information content (AvgIpc) is 3.20. The van der Waals surface area contributed by atoms with Gasteiger partial charge in [0.25, 0.3) is 25.7 Å². The molecule has 0 amide bonds. The van der Waals surface area contributed by atoms with Gasteiger partial charge in [0.1, 0.15) is 5.69 Å². The van der Waals surface area contributed by atoms with Gasteiger partial charge in [-0.1, -0.05) is 36.4 Å². The molecule has 0 saturated carbocycles. The van der Waals surface area contributed by atoms with Crippen molar-refractivity contribution in [1.29, 1.82) is 0 Å². The Balaban J connectivity index is 0.000000208. The largest absolute Gasteiger partial charge is 0.397 e. The number of hydrogen-bond acceptors (Lipinski definition) is 11. The predicted octanol–water partition coefficient (Wildman–Crippen LogP) is 6.48. The summed E-state index contributed by atoms with van der Waals surface area (Å²) in [7, 11) is -4.51. The summed E-state index contributed by atoms with van der Waals surface area (Å²) in [6.07, 6.45) is 6.60. The van der Waals surface area contributed by atoms with Crippen LogP contribution >= 0.6 is 0 Å². The number of nitro groups is 1. The summed E-state index contributed by atoms with van der Waals surface area (Å²) in [6, 6.07) is 25.9. The standard InChI is InChI=1S/C19H23N3O5S.C19H25N3O3S/c1-21(28(25,26)17-8-3-2-4-9-17)15-10-11-18(19(13-15)22(23)24)20-14-16-7-5-6-12-27-16;1-22(26(23,24)17-8-3-2-4-9-17)15-10-11-19(18(20)13-15)21-14-16-7-5-6-12-25-16/h2-4,8-11,13,16,20H,5-7,12,14H2,1H3;2-4,8-11,13,16,21H,5-7,12,14,20H2,1H3. The van der Waals surface area contributed by atoms with E-state index in [1.54, 1.807) is 66.7 Å². The Hall–Kier alpha value is -4.90. The average molecular weight is 781 g/mol. The molecule has 16 heteroatoms. The summed E-state index contributed by atoms with van der Waals surface area (Å²) in [4.78, 5) is 11.4. The van der Waals surface area contributed by atoms with Crippen LogP contribution in [0.5, 0.6) is 0 Å². The monoisotopic (exact) mass is 780 g/mol. The summed E-state index contributed by atoms with van der Waals surface area (Å²) in [5.41, 5.74) is 8.33. The van der Waals surface area contributed by atoms with E-state index in [9.17, 15) is 26.9 Å². The molecule has 2 unspecified atom stereocenters. The number of rotatable bonds is 13. The molecule has 0 spiro atoms. The Bertz CT molecular complexity index is 2060. The zero-order valence-corrected chi connectivity index (χ0v) is 32.1. The van der Waals surface area contributed by atoms with Crippen molar-refractivity contribution in [3.8, 4) is 0 Å². The van der Waals surface area contributed by atoms with Crippen LogP contribution in [-0.2, 0) is 29.5 Å². The number of sulfonamides is 2. The summed E-state index contributed by atoms with van der Waals surface area (Å²) in [5, 5.41) is 17.9. The number of nitrogens with two attached hydrogens (primary N) is 1. The highest BCUT2D eigenvalue weighted by Gasteiger charge is 2.25. The van der Waals surface area contributed by atoms with Crippen LogP contribution in [0.4, 0.5) is 34.1 Å². The first kappa shape index (κ1) is 40.3. The van der Waals surface area contributed by atoms with Crippen molar-refractivity contribution in [2.75, 3.05) is 65.4 Å². The van der Waals surface area contributed by atoms with Crippen molar-refractivity contribution in [2.24, 2.45) is 0 Å². The van der Waals surface area contributed by atoms with Crippen LogP contribution in [0.3, 0.4) is 0 Å². The summed E-state index contributed by atoms with van der Waals surface area (Å²) < 4.78 is 64.6. The maximum absolute atomic E-state index is 12.8. The van der Waals surface area contributed by atoms with E-state index in [0.29, 0.717) is 36.8 Å². The number of ether oxygens (including phenoxy) is 2. The van der Waals surface area contributed by atoms with Crippen LogP contribution in [0.2, 0.25) is 0 Å². The number of hydrogen-bond donors (Lipinski definition) is 3. The lowest BCUT2D eigenvalue weighted by Gasteiger charge is -2.24. The van der Waals surface area contributed by atoms with Gasteiger partial charge in [-0.25, -0.2) is 16.8 Å². The minimum absolute atomic E-state index is 0.0224. The zero-order valence-electron chi connectivity index (χ0n) is 30.5. The molecule has 2 atom stereocenters. The number of nitrogen functional groups attached to an aromatic ring is 1. The SMILES string of the molecule is CN(c1ccc(NCC2CCCCO2)c(N)c1)S(=O)(=O)c1ccccc1.CN(c1ccc(NCC2CCCCO2)c([N+](=O)[O-])c1)S(=O)(=O)c1ccccc1. The zero-order chi connectivity index (χ0) is 38.7. The van der Waals surface area contributed by atoms with Crippen LogP contribution in [0.25, 0.3) is 0 Å². The van der Waals surface area contributed by atoms with Crippen molar-refractivity contribution >= 4 is 54.2 Å². The lowest BCUT2D eigenvalue weighted by Crippen LogP contribution is -2.28. The molecule has 2 saturated heterocycles. The summed E-state index contributed by atoms with van der Waals surface area (Å²) in [6.45, 7) is 2.68. The molecule has 2 aliphatic heterocycles. The van der Waals surface area contributed by atoms with Gasteiger partial charge in [0.15, 0.2) is 0 Å². The second kappa shape index (κ2) is 18.4. The Kier molecular flexibility index (Phi) is 13.7. The minimum atomic E-state index is -3.81. The highest BCUT2D eigenvalue weighted by molar-refractivity contribution is 7.93. The van der Waals surface area contributed by atoms with E-state index in [-0.39, 0.29) is 33.4 Å². The van der Waals surface area contributed by atoms with Gasteiger partial charge in [-0.3, -0.25) is 18.7 Å². The van der Waals surface area contributed by atoms with E-state index >= 15 is 0 Å². The summed E-state index contributed by atoms with van der Waals surface area (Å²) in [5.74, 6) is 0. The molecule has 4 N–H and O–H groups in total. The van der Waals surface area contributed by atoms with Crippen molar-refractivity contribution < 1.29 is 31.2 Å². The van der Waals surface area contributed by atoms with Gasteiger partial charge in [0, 0.05) is 46.5 Å². The maximum atomic E-state index is 12.8. The van der Waals surface area contributed by atoms with Gasteiger partial charge in [-0.15, -0.1) is 0 Å². The Morgan fingerprint density at radius 2 is 1.13 bits per heavy atom. The smallest absolute Gasteiger partial charge is 0.294 e. The molecule has 0 aromatic heterocycles. The van der Waals surface area contributed by atoms with Gasteiger partial charge in [-0.2, -0.15) is 0 Å². The van der Waals surface area contributed by atoms with E-state index in [1.807, 2.05) is 6.07 Å². The normalized spacial score (nSPS) is 17.4. The molecule has 54 heavy (non-hydrogen) atoms. The number of nitrogens with one attached hydrogen (secondary N) is 2. The first-order chi connectivity index (χ1) is 25.9. The molecular formula is C38H48N6O8S2. The molecule has 0 aliphatic carbocycles. The number of benzene rings is 4. The van der Waals surface area contributed by atoms with Gasteiger partial charge < -0.3 is 25.8 Å². The molecule has 2 fully saturated rings. The van der Waals surface area contributed by atoms with Crippen molar-refractivity contribution in [2.45, 2.75) is 60.5 Å². The summed E-state index contributed by atoms with van der Waals surface area (Å²) >= 11 is 0. The van der Waals surface area contributed by atoms with Crippen LogP contribution in [0.15, 0.2) is 107 Å². The fourth-order valence-electron chi connectivity index (χ4n) is 6.09. The molecule has 290 valence electrons. The number of nitrogens with zero attached hydrogens (tertiary/aromatic N) is 3. The van der Waals surface area contributed by atoms with Crippen molar-refractivity contribution in [3.05, 3.63) is 107 Å². The molecule has 2 aliphatic rings. The first-order valence-electron chi connectivity index (χ1n) is 17.8. The molecule has 14 nitrogen and oxygen atoms in total. The second-order valence-corrected chi connectivity index (χ2v) is 17.0. The van der Waals surface area contributed by atoms with Gasteiger partial charge in [0.05, 0.1) is 49.7 Å². The maximum Gasteiger partial charge on any atom is 0.294 e.